The normalized spacial score (nSPS) is 17.1. The molecule has 0 atom stereocenters. The third-order valence-electron chi connectivity index (χ3n) is 3.72. The van der Waals surface area contributed by atoms with Crippen LogP contribution in [-0.2, 0) is 6.42 Å². The lowest BCUT2D eigenvalue weighted by molar-refractivity contribution is 0.0695. The second-order valence-corrected chi connectivity index (χ2v) is 5.84. The minimum atomic E-state index is 0.241. The zero-order valence-electron chi connectivity index (χ0n) is 11.2. The van der Waals surface area contributed by atoms with Crippen LogP contribution in [0.3, 0.4) is 0 Å². The quantitative estimate of drug-likeness (QED) is 0.907. The Morgan fingerprint density at radius 3 is 2.83 bits per heavy atom. The van der Waals surface area contributed by atoms with E-state index in [1.807, 2.05) is 17.3 Å². The average Bonchev–Trinajstić information content (AvgIpc) is 2.87. The molecule has 1 amide bonds. The molecule has 0 bridgehead atoms. The van der Waals surface area contributed by atoms with Crippen LogP contribution in [0.4, 0.5) is 0 Å². The zero-order valence-corrected chi connectivity index (χ0v) is 12.1. The molecule has 0 saturated carbocycles. The van der Waals surface area contributed by atoms with Gasteiger partial charge in [0.2, 0.25) is 0 Å². The van der Waals surface area contributed by atoms with Gasteiger partial charge in [-0.05, 0) is 55.8 Å². The second kappa shape index (κ2) is 6.34. The molecule has 0 aromatic carbocycles. The van der Waals surface area contributed by atoms with E-state index in [-0.39, 0.29) is 5.91 Å². The molecule has 1 aliphatic rings. The topological polar surface area (TPSA) is 32.3 Å². The van der Waals surface area contributed by atoms with Crippen LogP contribution in [0.5, 0.6) is 0 Å². The second-order valence-electron chi connectivity index (χ2n) is 4.92. The van der Waals surface area contributed by atoms with Gasteiger partial charge in [0.05, 0.1) is 4.88 Å². The summed E-state index contributed by atoms with van der Waals surface area (Å²) in [6.07, 6.45) is 3.19. The van der Waals surface area contributed by atoms with E-state index in [9.17, 15) is 4.79 Å². The van der Waals surface area contributed by atoms with Crippen LogP contribution in [0, 0.1) is 5.92 Å². The molecule has 3 nitrogen and oxygen atoms in total. The van der Waals surface area contributed by atoms with Crippen molar-refractivity contribution in [3.63, 3.8) is 0 Å². The van der Waals surface area contributed by atoms with Gasteiger partial charge >= 0.3 is 0 Å². The van der Waals surface area contributed by atoms with Gasteiger partial charge in [-0.15, -0.1) is 11.3 Å². The Balaban J connectivity index is 1.95. The van der Waals surface area contributed by atoms with Gasteiger partial charge in [-0.1, -0.05) is 6.92 Å². The van der Waals surface area contributed by atoms with Crippen LogP contribution in [-0.4, -0.2) is 37.5 Å². The maximum absolute atomic E-state index is 12.4. The van der Waals surface area contributed by atoms with Crippen LogP contribution in [0.25, 0.3) is 0 Å². The van der Waals surface area contributed by atoms with Crippen LogP contribution >= 0.6 is 11.3 Å². The molecule has 1 aliphatic heterocycles. The Morgan fingerprint density at radius 1 is 1.50 bits per heavy atom. The molecule has 1 saturated heterocycles. The first-order valence-electron chi connectivity index (χ1n) is 6.76. The van der Waals surface area contributed by atoms with Crippen molar-refractivity contribution in [1.29, 1.82) is 0 Å². The number of likely N-dealkylation sites (tertiary alicyclic amines) is 1. The number of carbonyl (C=O) groups excluding carboxylic acids is 1. The Morgan fingerprint density at radius 2 is 2.22 bits per heavy atom. The van der Waals surface area contributed by atoms with E-state index < -0.39 is 0 Å². The first-order valence-corrected chi connectivity index (χ1v) is 7.64. The fourth-order valence-corrected chi connectivity index (χ4v) is 3.54. The molecule has 2 heterocycles. The summed E-state index contributed by atoms with van der Waals surface area (Å²) >= 11 is 1.58. The van der Waals surface area contributed by atoms with Gasteiger partial charge in [-0.25, -0.2) is 0 Å². The van der Waals surface area contributed by atoms with E-state index >= 15 is 0 Å². The summed E-state index contributed by atoms with van der Waals surface area (Å²) in [6.45, 7) is 5.00. The number of nitrogens with zero attached hydrogens (tertiary/aromatic N) is 1. The van der Waals surface area contributed by atoms with Crippen molar-refractivity contribution >= 4 is 17.2 Å². The van der Waals surface area contributed by atoms with Crippen molar-refractivity contribution in [3.8, 4) is 0 Å². The molecule has 1 fully saturated rings. The maximum Gasteiger partial charge on any atom is 0.264 e. The molecule has 4 heteroatoms. The highest BCUT2D eigenvalue weighted by Gasteiger charge is 2.24. The highest BCUT2D eigenvalue weighted by molar-refractivity contribution is 7.12. The van der Waals surface area contributed by atoms with Crippen LogP contribution < -0.4 is 5.32 Å². The molecule has 1 aromatic heterocycles. The summed E-state index contributed by atoms with van der Waals surface area (Å²) in [5.74, 6) is 0.970. The van der Waals surface area contributed by atoms with Gasteiger partial charge in [0, 0.05) is 13.1 Å². The smallest absolute Gasteiger partial charge is 0.264 e. The molecular weight excluding hydrogens is 244 g/mol. The van der Waals surface area contributed by atoms with E-state index in [1.54, 1.807) is 11.3 Å². The molecule has 0 radical (unpaired) electrons. The Labute approximate surface area is 113 Å². The Kier molecular flexibility index (Phi) is 4.78. The van der Waals surface area contributed by atoms with Crippen LogP contribution in [0.2, 0.25) is 0 Å². The van der Waals surface area contributed by atoms with Gasteiger partial charge in [0.25, 0.3) is 5.91 Å². The van der Waals surface area contributed by atoms with Gasteiger partial charge in [0.1, 0.15) is 0 Å². The summed E-state index contributed by atoms with van der Waals surface area (Å²) in [6, 6.07) is 2.08. The molecule has 0 aliphatic carbocycles. The highest BCUT2D eigenvalue weighted by Crippen LogP contribution is 2.23. The van der Waals surface area contributed by atoms with Crippen LogP contribution in [0.15, 0.2) is 11.4 Å². The van der Waals surface area contributed by atoms with Crippen molar-refractivity contribution in [2.24, 2.45) is 5.92 Å². The minimum Gasteiger partial charge on any atom is -0.338 e. The average molecular weight is 266 g/mol. The third kappa shape index (κ3) is 2.93. The lowest BCUT2D eigenvalue weighted by atomic mass is 9.96. The number of nitrogens with one attached hydrogen (secondary N) is 1. The monoisotopic (exact) mass is 266 g/mol. The molecular formula is C14H22N2OS. The molecule has 100 valence electrons. The van der Waals surface area contributed by atoms with Gasteiger partial charge in [-0.2, -0.15) is 0 Å². The highest BCUT2D eigenvalue weighted by atomic mass is 32.1. The fourth-order valence-electron chi connectivity index (χ4n) is 2.57. The number of hydrogen-bond donors (Lipinski definition) is 1. The number of amides is 1. The standard InChI is InChI=1S/C14H22N2OS/c1-3-12-6-9-18-13(12)14(17)16-7-4-11(5-8-16)10-15-2/h6,9,11,15H,3-5,7-8,10H2,1-2H3. The largest absolute Gasteiger partial charge is 0.338 e. The lowest BCUT2D eigenvalue weighted by Crippen LogP contribution is -2.40. The fraction of sp³-hybridized carbons (Fsp3) is 0.643. The Hall–Kier alpha value is -0.870. The zero-order chi connectivity index (χ0) is 13.0. The van der Waals surface area contributed by atoms with E-state index in [2.05, 4.69) is 18.3 Å². The van der Waals surface area contributed by atoms with E-state index in [1.165, 1.54) is 5.56 Å². The maximum atomic E-state index is 12.4. The SMILES string of the molecule is CCc1ccsc1C(=O)N1CCC(CNC)CC1. The van der Waals surface area contributed by atoms with Crippen molar-refractivity contribution in [3.05, 3.63) is 21.9 Å². The lowest BCUT2D eigenvalue weighted by Gasteiger charge is -2.31. The predicted octanol–water partition coefficient (Wildman–Crippen LogP) is 2.38. The number of hydrogen-bond acceptors (Lipinski definition) is 3. The van der Waals surface area contributed by atoms with Crippen molar-refractivity contribution in [2.45, 2.75) is 26.2 Å². The van der Waals surface area contributed by atoms with E-state index in [0.717, 1.165) is 49.7 Å². The predicted molar refractivity (Wildman–Crippen MR) is 76.3 cm³/mol. The third-order valence-corrected chi connectivity index (χ3v) is 4.66. The van der Waals surface area contributed by atoms with Crippen molar-refractivity contribution in [1.82, 2.24) is 10.2 Å². The Bertz CT molecular complexity index is 394. The summed E-state index contributed by atoms with van der Waals surface area (Å²) in [7, 11) is 2.00. The molecule has 0 unspecified atom stereocenters. The summed E-state index contributed by atoms with van der Waals surface area (Å²) in [5.41, 5.74) is 1.20. The van der Waals surface area contributed by atoms with Crippen LogP contribution in [0.1, 0.15) is 35.0 Å². The number of rotatable bonds is 4. The molecule has 2 rings (SSSR count). The molecule has 18 heavy (non-hydrogen) atoms. The summed E-state index contributed by atoms with van der Waals surface area (Å²) < 4.78 is 0. The molecule has 1 N–H and O–H groups in total. The first kappa shape index (κ1) is 13.6. The minimum absolute atomic E-state index is 0.241. The first-order chi connectivity index (χ1) is 8.76. The van der Waals surface area contributed by atoms with Gasteiger partial charge < -0.3 is 10.2 Å². The van der Waals surface area contributed by atoms with Gasteiger partial charge in [0.15, 0.2) is 0 Å². The molecule has 1 aromatic rings. The number of carbonyl (C=O) groups is 1. The van der Waals surface area contributed by atoms with E-state index in [0.29, 0.717) is 0 Å². The number of thiophene rings is 1. The summed E-state index contributed by atoms with van der Waals surface area (Å²) in [5, 5.41) is 5.25. The summed E-state index contributed by atoms with van der Waals surface area (Å²) in [4.78, 5) is 15.4. The van der Waals surface area contributed by atoms with Crippen molar-refractivity contribution < 1.29 is 4.79 Å². The number of piperidine rings is 1. The van der Waals surface area contributed by atoms with Gasteiger partial charge in [-0.3, -0.25) is 4.79 Å². The van der Waals surface area contributed by atoms with Crippen molar-refractivity contribution in [2.75, 3.05) is 26.7 Å². The number of aryl methyl sites for hydroxylation is 1. The molecule has 0 spiro atoms. The van der Waals surface area contributed by atoms with E-state index in [4.69, 9.17) is 0 Å².